The van der Waals surface area contributed by atoms with E-state index in [1.54, 1.807) is 6.92 Å². The van der Waals surface area contributed by atoms with Crippen molar-refractivity contribution < 1.29 is 4.79 Å². The Balaban J connectivity index is 1.59. The van der Waals surface area contributed by atoms with Crippen LogP contribution in [0.3, 0.4) is 0 Å². The second kappa shape index (κ2) is 9.00. The molecule has 1 aliphatic heterocycles. The number of carbonyl (C=O) groups excluding carboxylic acids is 1. The molecule has 1 saturated heterocycles. The number of hydrogen-bond donors (Lipinski definition) is 1. The minimum Gasteiger partial charge on any atom is -0.343 e. The van der Waals surface area contributed by atoms with Crippen LogP contribution in [0.25, 0.3) is 0 Å². The van der Waals surface area contributed by atoms with Gasteiger partial charge in [0.25, 0.3) is 0 Å². The average molecular weight is 374 g/mol. The molecule has 1 amide bonds. The first-order valence-corrected chi connectivity index (χ1v) is 10.5. The van der Waals surface area contributed by atoms with E-state index in [1.807, 2.05) is 11.1 Å². The lowest BCUT2D eigenvalue weighted by Crippen LogP contribution is -2.44. The number of carbonyl (C=O) groups is 1. The predicted octanol–water partition coefficient (Wildman–Crippen LogP) is 3.22. The van der Waals surface area contributed by atoms with E-state index in [4.69, 9.17) is 4.98 Å². The molecule has 2 fully saturated rings. The molecule has 0 aromatic carbocycles. The standard InChI is InChI=1S/C21H35N5O/c1-15(23-18-10-12-26(13-11-18)17(3)27)20-14-22-21(24-16(20)2)25(4)19-8-6-5-7-9-19/h14-15,18-19,23H,5-13H2,1-4H3. The summed E-state index contributed by atoms with van der Waals surface area (Å²) in [7, 11) is 2.13. The summed E-state index contributed by atoms with van der Waals surface area (Å²) in [6.45, 7) is 7.63. The number of nitrogens with one attached hydrogen (secondary N) is 1. The van der Waals surface area contributed by atoms with Gasteiger partial charge >= 0.3 is 0 Å². The van der Waals surface area contributed by atoms with Crippen LogP contribution in [0.2, 0.25) is 0 Å². The third-order valence-electron chi connectivity index (χ3n) is 6.33. The fourth-order valence-electron chi connectivity index (χ4n) is 4.50. The van der Waals surface area contributed by atoms with E-state index in [1.165, 1.54) is 37.7 Å². The van der Waals surface area contributed by atoms with Crippen LogP contribution in [0.4, 0.5) is 5.95 Å². The Labute approximate surface area is 163 Å². The molecule has 1 aromatic heterocycles. The highest BCUT2D eigenvalue weighted by atomic mass is 16.2. The van der Waals surface area contributed by atoms with Crippen molar-refractivity contribution in [3.63, 3.8) is 0 Å². The van der Waals surface area contributed by atoms with Gasteiger partial charge in [0.05, 0.1) is 0 Å². The number of aromatic nitrogens is 2. The number of aryl methyl sites for hydroxylation is 1. The molecule has 1 aromatic rings. The minimum absolute atomic E-state index is 0.184. The number of amides is 1. The van der Waals surface area contributed by atoms with Crippen molar-refractivity contribution in [3.8, 4) is 0 Å². The molecule has 0 bridgehead atoms. The highest BCUT2D eigenvalue weighted by molar-refractivity contribution is 5.73. The Bertz CT molecular complexity index is 635. The summed E-state index contributed by atoms with van der Waals surface area (Å²) in [6, 6.07) is 1.23. The number of nitrogens with zero attached hydrogens (tertiary/aromatic N) is 4. The van der Waals surface area contributed by atoms with E-state index >= 15 is 0 Å². The lowest BCUT2D eigenvalue weighted by Gasteiger charge is -2.34. The molecule has 2 aliphatic rings. The molecule has 150 valence electrons. The van der Waals surface area contributed by atoms with Crippen LogP contribution < -0.4 is 10.2 Å². The van der Waals surface area contributed by atoms with E-state index in [-0.39, 0.29) is 11.9 Å². The van der Waals surface area contributed by atoms with E-state index in [0.29, 0.717) is 12.1 Å². The first kappa shape index (κ1) is 20.1. The molecular formula is C21H35N5O. The number of likely N-dealkylation sites (tertiary alicyclic amines) is 1. The van der Waals surface area contributed by atoms with E-state index in [2.05, 4.69) is 36.1 Å². The van der Waals surface area contributed by atoms with Crippen molar-refractivity contribution >= 4 is 11.9 Å². The van der Waals surface area contributed by atoms with Gasteiger partial charge in [0.1, 0.15) is 0 Å². The molecule has 27 heavy (non-hydrogen) atoms. The summed E-state index contributed by atoms with van der Waals surface area (Å²) >= 11 is 0. The summed E-state index contributed by atoms with van der Waals surface area (Å²) in [6.07, 6.45) is 10.5. The van der Waals surface area contributed by atoms with Gasteiger partial charge in [0, 0.05) is 62.6 Å². The molecule has 1 aliphatic carbocycles. The quantitative estimate of drug-likeness (QED) is 0.859. The summed E-state index contributed by atoms with van der Waals surface area (Å²) < 4.78 is 0. The normalized spacial score (nSPS) is 20.5. The fraction of sp³-hybridized carbons (Fsp3) is 0.762. The highest BCUT2D eigenvalue weighted by Gasteiger charge is 2.24. The molecule has 2 heterocycles. The van der Waals surface area contributed by atoms with E-state index in [0.717, 1.165) is 37.6 Å². The maximum atomic E-state index is 11.5. The predicted molar refractivity (Wildman–Crippen MR) is 109 cm³/mol. The zero-order valence-corrected chi connectivity index (χ0v) is 17.4. The van der Waals surface area contributed by atoms with Crippen LogP contribution in [0.1, 0.15) is 76.1 Å². The van der Waals surface area contributed by atoms with Crippen LogP contribution in [-0.2, 0) is 4.79 Å². The monoisotopic (exact) mass is 373 g/mol. The summed E-state index contributed by atoms with van der Waals surface area (Å²) in [5.74, 6) is 1.04. The van der Waals surface area contributed by atoms with Crippen LogP contribution in [-0.4, -0.2) is 53.0 Å². The van der Waals surface area contributed by atoms with E-state index in [9.17, 15) is 4.79 Å². The lowest BCUT2D eigenvalue weighted by molar-refractivity contribution is -0.129. The smallest absolute Gasteiger partial charge is 0.225 e. The van der Waals surface area contributed by atoms with Gasteiger partial charge in [0.15, 0.2) is 0 Å². The third-order valence-corrected chi connectivity index (χ3v) is 6.33. The first-order valence-electron chi connectivity index (χ1n) is 10.5. The number of piperidine rings is 1. The Morgan fingerprint density at radius 2 is 1.89 bits per heavy atom. The van der Waals surface area contributed by atoms with Gasteiger partial charge in [-0.25, -0.2) is 9.97 Å². The second-order valence-electron chi connectivity index (χ2n) is 8.28. The molecule has 0 radical (unpaired) electrons. The maximum Gasteiger partial charge on any atom is 0.225 e. The van der Waals surface area contributed by atoms with Crippen molar-refractivity contribution in [3.05, 3.63) is 17.5 Å². The fourth-order valence-corrected chi connectivity index (χ4v) is 4.50. The van der Waals surface area contributed by atoms with E-state index < -0.39 is 0 Å². The van der Waals surface area contributed by atoms with Gasteiger partial charge in [-0.15, -0.1) is 0 Å². The summed E-state index contributed by atoms with van der Waals surface area (Å²) in [5, 5.41) is 3.72. The largest absolute Gasteiger partial charge is 0.343 e. The zero-order valence-electron chi connectivity index (χ0n) is 17.4. The molecule has 3 rings (SSSR count). The van der Waals surface area contributed by atoms with Crippen LogP contribution in [0.5, 0.6) is 0 Å². The minimum atomic E-state index is 0.184. The van der Waals surface area contributed by atoms with Crippen molar-refractivity contribution in [2.75, 3.05) is 25.0 Å². The van der Waals surface area contributed by atoms with Gasteiger partial charge in [-0.05, 0) is 39.5 Å². The number of hydrogen-bond acceptors (Lipinski definition) is 5. The Morgan fingerprint density at radius 3 is 2.48 bits per heavy atom. The topological polar surface area (TPSA) is 61.4 Å². The summed E-state index contributed by atoms with van der Waals surface area (Å²) in [4.78, 5) is 25.2. The van der Waals surface area contributed by atoms with Gasteiger partial charge in [-0.2, -0.15) is 0 Å². The third kappa shape index (κ3) is 4.98. The highest BCUT2D eigenvalue weighted by Crippen LogP contribution is 2.26. The molecule has 6 heteroatoms. The number of anilines is 1. The first-order chi connectivity index (χ1) is 13.0. The van der Waals surface area contributed by atoms with Gasteiger partial charge in [-0.3, -0.25) is 4.79 Å². The second-order valence-corrected chi connectivity index (χ2v) is 8.28. The van der Waals surface area contributed by atoms with Crippen LogP contribution in [0.15, 0.2) is 6.20 Å². The van der Waals surface area contributed by atoms with Gasteiger partial charge < -0.3 is 15.1 Å². The van der Waals surface area contributed by atoms with Crippen molar-refractivity contribution in [1.29, 1.82) is 0 Å². The lowest BCUT2D eigenvalue weighted by atomic mass is 9.95. The molecule has 6 nitrogen and oxygen atoms in total. The maximum absolute atomic E-state index is 11.5. The van der Waals surface area contributed by atoms with Gasteiger partial charge in [-0.1, -0.05) is 19.3 Å². The SMILES string of the molecule is CC(=O)N1CCC(NC(C)c2cnc(N(C)C3CCCCC3)nc2C)CC1. The number of rotatable bonds is 5. The van der Waals surface area contributed by atoms with Crippen LogP contribution >= 0.6 is 0 Å². The Morgan fingerprint density at radius 1 is 1.22 bits per heavy atom. The molecule has 0 spiro atoms. The van der Waals surface area contributed by atoms with Crippen molar-refractivity contribution in [2.45, 2.75) is 83.8 Å². The van der Waals surface area contributed by atoms with Gasteiger partial charge in [0.2, 0.25) is 11.9 Å². The Hall–Kier alpha value is -1.69. The molecular weight excluding hydrogens is 338 g/mol. The molecule has 1 unspecified atom stereocenters. The van der Waals surface area contributed by atoms with Crippen molar-refractivity contribution in [1.82, 2.24) is 20.2 Å². The van der Waals surface area contributed by atoms with Crippen LogP contribution in [0, 0.1) is 6.92 Å². The summed E-state index contributed by atoms with van der Waals surface area (Å²) in [5.41, 5.74) is 2.23. The molecule has 1 atom stereocenters. The van der Waals surface area contributed by atoms with Crippen molar-refractivity contribution in [2.24, 2.45) is 0 Å². The Kier molecular flexibility index (Phi) is 6.68. The zero-order chi connectivity index (χ0) is 19.4. The molecule has 1 saturated carbocycles. The molecule has 1 N–H and O–H groups in total. The average Bonchev–Trinajstić information content (AvgIpc) is 2.68.